The first-order valence-electron chi connectivity index (χ1n) is 10.5. The Balaban J connectivity index is 1.65. The number of carbonyl (C=O) groups is 1. The fourth-order valence-electron chi connectivity index (χ4n) is 4.25. The molecule has 1 aromatic carbocycles. The quantitative estimate of drug-likeness (QED) is 0.523. The molecule has 0 amide bonds. The minimum atomic E-state index is -0.709. The van der Waals surface area contributed by atoms with Crippen molar-refractivity contribution in [2.24, 2.45) is 7.05 Å². The van der Waals surface area contributed by atoms with E-state index in [9.17, 15) is 14.4 Å². The van der Waals surface area contributed by atoms with E-state index in [2.05, 4.69) is 15.5 Å². The second-order valence-corrected chi connectivity index (χ2v) is 8.18. The molecule has 1 saturated carbocycles. The molecule has 0 spiro atoms. The van der Waals surface area contributed by atoms with E-state index in [-0.39, 0.29) is 24.5 Å². The maximum absolute atomic E-state index is 13.2. The van der Waals surface area contributed by atoms with Crippen molar-refractivity contribution in [2.45, 2.75) is 44.7 Å². The van der Waals surface area contributed by atoms with Crippen molar-refractivity contribution in [1.82, 2.24) is 24.6 Å². The summed E-state index contributed by atoms with van der Waals surface area (Å²) in [6.45, 7) is 1.72. The topological polar surface area (TPSA) is 138 Å². The number of nitrogens with one attached hydrogen (secondary N) is 1. The number of Topliss-reactive ketones (excluding diaryl/α,β-unsaturated/α-hetero) is 1. The summed E-state index contributed by atoms with van der Waals surface area (Å²) in [6.07, 6.45) is 3.42. The number of benzene rings is 1. The molecule has 0 aliphatic heterocycles. The van der Waals surface area contributed by atoms with Crippen molar-refractivity contribution in [3.8, 4) is 0 Å². The van der Waals surface area contributed by atoms with Crippen LogP contribution in [0, 0.1) is 6.92 Å². The third-order valence-electron chi connectivity index (χ3n) is 6.05. The zero-order valence-electron chi connectivity index (χ0n) is 18.1. The number of hydrogen-bond donors (Lipinski definition) is 2. The van der Waals surface area contributed by atoms with Gasteiger partial charge in [0.2, 0.25) is 5.89 Å². The van der Waals surface area contributed by atoms with E-state index in [1.807, 2.05) is 30.3 Å². The van der Waals surface area contributed by atoms with E-state index < -0.39 is 22.6 Å². The number of aromatic nitrogens is 4. The molecular weight excluding hydrogens is 412 g/mol. The summed E-state index contributed by atoms with van der Waals surface area (Å²) >= 11 is 0. The molecule has 3 N–H and O–H groups in total. The Kier molecular flexibility index (Phi) is 5.79. The molecule has 0 unspecified atom stereocenters. The van der Waals surface area contributed by atoms with E-state index >= 15 is 0 Å². The van der Waals surface area contributed by atoms with Crippen LogP contribution in [0.2, 0.25) is 0 Å². The summed E-state index contributed by atoms with van der Waals surface area (Å²) in [6, 6.07) is 9.24. The normalized spacial score (nSPS) is 15.2. The number of anilines is 1. The van der Waals surface area contributed by atoms with Crippen molar-refractivity contribution >= 4 is 11.6 Å². The van der Waals surface area contributed by atoms with Crippen molar-refractivity contribution < 1.29 is 9.32 Å². The number of aryl methyl sites for hydroxylation is 1. The Labute approximate surface area is 184 Å². The van der Waals surface area contributed by atoms with E-state index in [0.29, 0.717) is 11.7 Å². The van der Waals surface area contributed by atoms with Gasteiger partial charge in [0.15, 0.2) is 11.6 Å². The molecule has 0 saturated heterocycles. The third-order valence-corrected chi connectivity index (χ3v) is 6.05. The Morgan fingerprint density at radius 1 is 1.22 bits per heavy atom. The molecule has 2 heterocycles. The standard InChI is InChI=1S/C22H26N6O4/c1-14-25-20(26-32-14)22(10-6-7-11-22)24-12-16(29)17-18(23)28(21(31)27(2)19(17)30)13-15-8-4-3-5-9-15/h3-5,8-9,24H,6-7,10-13,23H2,1-2H3. The molecule has 168 valence electrons. The number of rotatable bonds is 7. The molecule has 10 heteroatoms. The van der Waals surface area contributed by atoms with Crippen LogP contribution in [0.4, 0.5) is 5.82 Å². The van der Waals surface area contributed by atoms with Crippen molar-refractivity contribution in [3.63, 3.8) is 0 Å². The molecule has 3 aromatic rings. The Hall–Kier alpha value is -3.53. The largest absolute Gasteiger partial charge is 0.384 e. The lowest BCUT2D eigenvalue weighted by atomic mass is 9.96. The zero-order chi connectivity index (χ0) is 22.9. The molecule has 10 nitrogen and oxygen atoms in total. The highest BCUT2D eigenvalue weighted by molar-refractivity contribution is 6.01. The van der Waals surface area contributed by atoms with E-state index in [1.165, 1.54) is 11.6 Å². The molecule has 1 aliphatic carbocycles. The van der Waals surface area contributed by atoms with Gasteiger partial charge in [0.25, 0.3) is 5.56 Å². The highest BCUT2D eigenvalue weighted by Gasteiger charge is 2.40. The number of hydrogen-bond acceptors (Lipinski definition) is 8. The summed E-state index contributed by atoms with van der Waals surface area (Å²) in [5.74, 6) is 0.335. The predicted octanol–water partition coefficient (Wildman–Crippen LogP) is 1.11. The van der Waals surface area contributed by atoms with Crippen molar-refractivity contribution in [3.05, 3.63) is 74.0 Å². The van der Waals surface area contributed by atoms with Crippen LogP contribution in [-0.2, 0) is 19.1 Å². The molecule has 32 heavy (non-hydrogen) atoms. The predicted molar refractivity (Wildman–Crippen MR) is 117 cm³/mol. The lowest BCUT2D eigenvalue weighted by Gasteiger charge is -2.26. The van der Waals surface area contributed by atoms with Gasteiger partial charge in [-0.15, -0.1) is 0 Å². The van der Waals surface area contributed by atoms with Gasteiger partial charge in [0.05, 0.1) is 18.6 Å². The van der Waals surface area contributed by atoms with Gasteiger partial charge >= 0.3 is 5.69 Å². The second-order valence-electron chi connectivity index (χ2n) is 8.18. The highest BCUT2D eigenvalue weighted by atomic mass is 16.5. The van der Waals surface area contributed by atoms with Gasteiger partial charge < -0.3 is 10.3 Å². The monoisotopic (exact) mass is 438 g/mol. The molecule has 1 aliphatic rings. The first-order valence-corrected chi connectivity index (χ1v) is 10.5. The highest BCUT2D eigenvalue weighted by Crippen LogP contribution is 2.37. The molecule has 0 bridgehead atoms. The molecule has 0 atom stereocenters. The average molecular weight is 438 g/mol. The fourth-order valence-corrected chi connectivity index (χ4v) is 4.25. The summed E-state index contributed by atoms with van der Waals surface area (Å²) in [5.41, 5.74) is 4.95. The molecule has 0 radical (unpaired) electrons. The van der Waals surface area contributed by atoms with Gasteiger partial charge in [-0.3, -0.25) is 24.0 Å². The van der Waals surface area contributed by atoms with Crippen LogP contribution in [0.5, 0.6) is 0 Å². The van der Waals surface area contributed by atoms with Crippen LogP contribution in [0.1, 0.15) is 53.3 Å². The number of ketones is 1. The van der Waals surface area contributed by atoms with Crippen LogP contribution >= 0.6 is 0 Å². The van der Waals surface area contributed by atoms with E-state index in [1.54, 1.807) is 6.92 Å². The third kappa shape index (κ3) is 3.89. The van der Waals surface area contributed by atoms with Gasteiger partial charge in [-0.2, -0.15) is 4.98 Å². The molecule has 1 fully saturated rings. The first kappa shape index (κ1) is 21.7. The smallest absolute Gasteiger partial charge is 0.332 e. The van der Waals surface area contributed by atoms with Gasteiger partial charge in [0, 0.05) is 14.0 Å². The van der Waals surface area contributed by atoms with Crippen LogP contribution in [0.15, 0.2) is 44.4 Å². The van der Waals surface area contributed by atoms with Gasteiger partial charge in [-0.25, -0.2) is 4.79 Å². The van der Waals surface area contributed by atoms with E-state index in [0.717, 1.165) is 35.8 Å². The van der Waals surface area contributed by atoms with E-state index in [4.69, 9.17) is 10.3 Å². The van der Waals surface area contributed by atoms with Gasteiger partial charge in [-0.05, 0) is 18.4 Å². The minimum absolute atomic E-state index is 0.135. The van der Waals surface area contributed by atoms with Gasteiger partial charge in [-0.1, -0.05) is 48.3 Å². The molecule has 2 aromatic heterocycles. The van der Waals surface area contributed by atoms with Crippen LogP contribution in [-0.4, -0.2) is 31.6 Å². The number of carbonyl (C=O) groups excluding carboxylic acids is 1. The Bertz CT molecular complexity index is 1250. The number of nitrogen functional groups attached to an aromatic ring is 1. The summed E-state index contributed by atoms with van der Waals surface area (Å²) in [5, 5.41) is 7.30. The lowest BCUT2D eigenvalue weighted by Crippen LogP contribution is -2.47. The second kappa shape index (κ2) is 8.54. The fraction of sp³-hybridized carbons (Fsp3) is 0.409. The number of nitrogens with zero attached hydrogens (tertiary/aromatic N) is 4. The first-order chi connectivity index (χ1) is 15.3. The molecule has 4 rings (SSSR count). The summed E-state index contributed by atoms with van der Waals surface area (Å²) in [4.78, 5) is 43.0. The van der Waals surface area contributed by atoms with Crippen LogP contribution < -0.4 is 22.3 Å². The maximum atomic E-state index is 13.2. The Morgan fingerprint density at radius 3 is 2.53 bits per heavy atom. The average Bonchev–Trinajstić information content (AvgIpc) is 3.45. The Morgan fingerprint density at radius 2 is 1.91 bits per heavy atom. The van der Waals surface area contributed by atoms with Crippen molar-refractivity contribution in [1.29, 1.82) is 0 Å². The van der Waals surface area contributed by atoms with Crippen LogP contribution in [0.3, 0.4) is 0 Å². The zero-order valence-corrected chi connectivity index (χ0v) is 18.1. The summed E-state index contributed by atoms with van der Waals surface area (Å²) < 4.78 is 7.30. The van der Waals surface area contributed by atoms with Crippen molar-refractivity contribution in [2.75, 3.05) is 12.3 Å². The maximum Gasteiger partial charge on any atom is 0.332 e. The minimum Gasteiger partial charge on any atom is -0.384 e. The van der Waals surface area contributed by atoms with Crippen LogP contribution in [0.25, 0.3) is 0 Å². The summed E-state index contributed by atoms with van der Waals surface area (Å²) in [7, 11) is 1.34. The SMILES string of the molecule is Cc1nc(C2(NCC(=O)c3c(N)n(Cc4ccccc4)c(=O)n(C)c3=O)CCCC2)no1. The lowest BCUT2D eigenvalue weighted by molar-refractivity contribution is 0.0973. The molecular formula is C22H26N6O4. The number of nitrogens with two attached hydrogens (primary N) is 1. The van der Waals surface area contributed by atoms with Gasteiger partial charge in [0.1, 0.15) is 11.4 Å².